The third kappa shape index (κ3) is 3.92. The second kappa shape index (κ2) is 7.91. The predicted octanol–water partition coefficient (Wildman–Crippen LogP) is 4.55. The van der Waals surface area contributed by atoms with E-state index >= 15 is 0 Å². The predicted molar refractivity (Wildman–Crippen MR) is 103 cm³/mol. The van der Waals surface area contributed by atoms with Crippen LogP contribution in [0.15, 0.2) is 60.8 Å². The summed E-state index contributed by atoms with van der Waals surface area (Å²) in [5.74, 6) is -1.88. The summed E-state index contributed by atoms with van der Waals surface area (Å²) < 4.78 is 1.74. The number of aryl methyl sites for hydroxylation is 1. The molecule has 0 saturated carbocycles. The molecule has 0 radical (unpaired) electrons. The van der Waals surface area contributed by atoms with E-state index in [2.05, 4.69) is 0 Å². The first-order chi connectivity index (χ1) is 13.0. The smallest absolute Gasteiger partial charge is 0.352 e. The minimum absolute atomic E-state index is 0.257. The molecule has 1 aromatic heterocycles. The molecule has 0 aliphatic carbocycles. The fourth-order valence-corrected chi connectivity index (χ4v) is 3.29. The Hall–Kier alpha value is -3.34. The van der Waals surface area contributed by atoms with Gasteiger partial charge in [-0.2, -0.15) is 0 Å². The molecule has 0 saturated heterocycles. The molecule has 0 spiro atoms. The first-order valence-electron chi connectivity index (χ1n) is 8.84. The van der Waals surface area contributed by atoms with Gasteiger partial charge in [0.2, 0.25) is 0 Å². The van der Waals surface area contributed by atoms with Gasteiger partial charge in [-0.15, -0.1) is 0 Å². The Morgan fingerprint density at radius 2 is 1.63 bits per heavy atom. The van der Waals surface area contributed by atoms with E-state index in [1.807, 2.05) is 49.5 Å². The van der Waals surface area contributed by atoms with Gasteiger partial charge in [0.15, 0.2) is 0 Å². The van der Waals surface area contributed by atoms with Crippen molar-refractivity contribution in [3.05, 3.63) is 83.2 Å². The molecule has 2 aromatic carbocycles. The van der Waals surface area contributed by atoms with Crippen molar-refractivity contribution in [1.82, 2.24) is 4.57 Å². The summed E-state index contributed by atoms with van der Waals surface area (Å²) in [5.41, 5.74) is 3.86. The van der Waals surface area contributed by atoms with Gasteiger partial charge in [0.05, 0.1) is 5.56 Å². The van der Waals surface area contributed by atoms with Crippen LogP contribution in [-0.4, -0.2) is 26.7 Å². The van der Waals surface area contributed by atoms with Gasteiger partial charge in [0.1, 0.15) is 5.69 Å². The third-order valence-electron chi connectivity index (χ3n) is 4.54. The number of carboxylic acids is 2. The van der Waals surface area contributed by atoms with Crippen LogP contribution in [0.5, 0.6) is 0 Å². The lowest BCUT2D eigenvalue weighted by Gasteiger charge is -2.10. The van der Waals surface area contributed by atoms with Gasteiger partial charge in [-0.05, 0) is 40.8 Å². The van der Waals surface area contributed by atoms with Crippen molar-refractivity contribution >= 4 is 11.9 Å². The largest absolute Gasteiger partial charge is 0.478 e. The molecule has 0 bridgehead atoms. The maximum absolute atomic E-state index is 11.6. The van der Waals surface area contributed by atoms with Crippen molar-refractivity contribution in [2.24, 2.45) is 0 Å². The molecule has 0 unspecified atom stereocenters. The number of nitrogens with zero attached hydrogens (tertiary/aromatic N) is 1. The van der Waals surface area contributed by atoms with E-state index in [4.69, 9.17) is 0 Å². The van der Waals surface area contributed by atoms with E-state index in [1.165, 1.54) is 0 Å². The zero-order chi connectivity index (χ0) is 19.4. The van der Waals surface area contributed by atoms with Gasteiger partial charge in [-0.25, -0.2) is 9.59 Å². The average molecular weight is 363 g/mol. The molecule has 0 atom stereocenters. The van der Waals surface area contributed by atoms with Gasteiger partial charge in [-0.3, -0.25) is 0 Å². The van der Waals surface area contributed by atoms with E-state index in [0.29, 0.717) is 17.8 Å². The Balaban J connectivity index is 1.88. The number of aromatic carboxylic acids is 2. The van der Waals surface area contributed by atoms with Crippen LogP contribution in [0.1, 0.15) is 45.3 Å². The quantitative estimate of drug-likeness (QED) is 0.645. The highest BCUT2D eigenvalue weighted by Crippen LogP contribution is 2.25. The zero-order valence-electron chi connectivity index (χ0n) is 15.1. The van der Waals surface area contributed by atoms with Gasteiger partial charge >= 0.3 is 11.9 Å². The molecule has 0 amide bonds. The summed E-state index contributed by atoms with van der Waals surface area (Å²) in [7, 11) is 0. The maximum atomic E-state index is 11.6. The number of hydrogen-bond acceptors (Lipinski definition) is 2. The molecule has 27 heavy (non-hydrogen) atoms. The minimum Gasteiger partial charge on any atom is -0.478 e. The van der Waals surface area contributed by atoms with Gasteiger partial charge in [0.25, 0.3) is 0 Å². The second-order valence-corrected chi connectivity index (χ2v) is 6.42. The summed E-state index contributed by atoms with van der Waals surface area (Å²) in [6, 6.07) is 16.3. The number of aromatic nitrogens is 1. The van der Waals surface area contributed by atoms with Crippen LogP contribution in [-0.2, 0) is 13.0 Å². The highest BCUT2D eigenvalue weighted by Gasteiger charge is 2.16. The first-order valence-corrected chi connectivity index (χ1v) is 8.84. The van der Waals surface area contributed by atoms with E-state index < -0.39 is 11.9 Å². The summed E-state index contributed by atoms with van der Waals surface area (Å²) >= 11 is 0. The zero-order valence-corrected chi connectivity index (χ0v) is 15.1. The molecule has 5 heteroatoms. The van der Waals surface area contributed by atoms with Crippen LogP contribution < -0.4 is 0 Å². The highest BCUT2D eigenvalue weighted by molar-refractivity contribution is 5.96. The van der Waals surface area contributed by atoms with Gasteiger partial charge < -0.3 is 14.8 Å². The SMILES string of the molecule is CCCc1ccn(Cc2ccc(-c3ccccc3C(=O)O)cc2)c1C(=O)O. The first kappa shape index (κ1) is 18.5. The van der Waals surface area contributed by atoms with Crippen molar-refractivity contribution in [2.75, 3.05) is 0 Å². The van der Waals surface area contributed by atoms with Crippen molar-refractivity contribution in [3.8, 4) is 11.1 Å². The molecular formula is C22H21NO4. The fraction of sp³-hybridized carbons (Fsp3) is 0.182. The van der Waals surface area contributed by atoms with Gasteiger partial charge in [0, 0.05) is 12.7 Å². The van der Waals surface area contributed by atoms with Crippen LogP contribution in [0.4, 0.5) is 0 Å². The Morgan fingerprint density at radius 1 is 0.926 bits per heavy atom. The summed E-state index contributed by atoms with van der Waals surface area (Å²) in [6.45, 7) is 2.48. The lowest BCUT2D eigenvalue weighted by molar-refractivity contribution is 0.0678. The highest BCUT2D eigenvalue weighted by atomic mass is 16.4. The molecule has 3 rings (SSSR count). The Bertz CT molecular complexity index is 970. The van der Waals surface area contributed by atoms with E-state index in [1.54, 1.807) is 22.8 Å². The van der Waals surface area contributed by atoms with Crippen molar-refractivity contribution < 1.29 is 19.8 Å². The summed E-state index contributed by atoms with van der Waals surface area (Å²) in [5, 5.41) is 18.9. The van der Waals surface area contributed by atoms with Crippen LogP contribution in [0.25, 0.3) is 11.1 Å². The van der Waals surface area contributed by atoms with Crippen LogP contribution >= 0.6 is 0 Å². The van der Waals surface area contributed by atoms with Gasteiger partial charge in [-0.1, -0.05) is 55.8 Å². The second-order valence-electron chi connectivity index (χ2n) is 6.42. The molecule has 0 aliphatic rings. The van der Waals surface area contributed by atoms with E-state index in [9.17, 15) is 19.8 Å². The van der Waals surface area contributed by atoms with Crippen molar-refractivity contribution in [3.63, 3.8) is 0 Å². The topological polar surface area (TPSA) is 79.5 Å². The number of rotatable bonds is 7. The maximum Gasteiger partial charge on any atom is 0.352 e. The number of carbonyl (C=O) groups is 2. The standard InChI is InChI=1S/C22H21NO4/c1-2-5-17-12-13-23(20(17)22(26)27)14-15-8-10-16(11-9-15)18-6-3-4-7-19(18)21(24)25/h3-4,6-13H,2,5,14H2,1H3,(H,24,25)(H,26,27). The molecule has 0 fully saturated rings. The number of benzene rings is 2. The third-order valence-corrected chi connectivity index (χ3v) is 4.54. The summed E-state index contributed by atoms with van der Waals surface area (Å²) in [4.78, 5) is 23.0. The molecule has 0 aliphatic heterocycles. The van der Waals surface area contributed by atoms with Crippen molar-refractivity contribution in [2.45, 2.75) is 26.3 Å². The Kier molecular flexibility index (Phi) is 5.41. The lowest BCUT2D eigenvalue weighted by atomic mass is 9.99. The van der Waals surface area contributed by atoms with E-state index in [-0.39, 0.29) is 5.56 Å². The van der Waals surface area contributed by atoms with Crippen LogP contribution in [0, 0.1) is 0 Å². The fourth-order valence-electron chi connectivity index (χ4n) is 3.29. The molecule has 138 valence electrons. The minimum atomic E-state index is -0.962. The number of hydrogen-bond donors (Lipinski definition) is 2. The normalized spacial score (nSPS) is 10.7. The molecule has 2 N–H and O–H groups in total. The van der Waals surface area contributed by atoms with Crippen LogP contribution in [0.2, 0.25) is 0 Å². The molecule has 1 heterocycles. The average Bonchev–Trinajstić information content (AvgIpc) is 3.05. The monoisotopic (exact) mass is 363 g/mol. The van der Waals surface area contributed by atoms with Crippen molar-refractivity contribution in [1.29, 1.82) is 0 Å². The molecule has 5 nitrogen and oxygen atoms in total. The Morgan fingerprint density at radius 3 is 2.26 bits per heavy atom. The van der Waals surface area contributed by atoms with E-state index in [0.717, 1.165) is 29.5 Å². The number of carboxylic acid groups (broad SMARTS) is 2. The Labute approximate surface area is 157 Å². The molecule has 3 aromatic rings. The van der Waals surface area contributed by atoms with Crippen LogP contribution in [0.3, 0.4) is 0 Å². The lowest BCUT2D eigenvalue weighted by Crippen LogP contribution is -2.11. The molecular weight excluding hydrogens is 342 g/mol. The summed E-state index contributed by atoms with van der Waals surface area (Å²) in [6.07, 6.45) is 3.43.